The third-order valence-corrected chi connectivity index (χ3v) is 4.03. The van der Waals surface area contributed by atoms with Crippen LogP contribution in [0.3, 0.4) is 0 Å². The molecule has 1 fully saturated rings. The molecule has 0 radical (unpaired) electrons. The van der Waals surface area contributed by atoms with Crippen LogP contribution in [0.25, 0.3) is 0 Å². The van der Waals surface area contributed by atoms with Gasteiger partial charge in [-0.3, -0.25) is 0 Å². The van der Waals surface area contributed by atoms with Crippen LogP contribution in [0.2, 0.25) is 0 Å². The van der Waals surface area contributed by atoms with Gasteiger partial charge in [0.2, 0.25) is 0 Å². The molecule has 1 aliphatic rings. The first-order valence-electron chi connectivity index (χ1n) is 6.83. The Morgan fingerprint density at radius 1 is 1.22 bits per heavy atom. The molecular weight excluding hydrogens is 226 g/mol. The molecular formula is C15H23NO2. The maximum Gasteiger partial charge on any atom is 0.0923 e. The quantitative estimate of drug-likeness (QED) is 0.850. The second-order valence-electron chi connectivity index (χ2n) is 5.10. The van der Waals surface area contributed by atoms with Gasteiger partial charge in [-0.05, 0) is 36.9 Å². The summed E-state index contributed by atoms with van der Waals surface area (Å²) < 4.78 is 0. The lowest BCUT2D eigenvalue weighted by Gasteiger charge is -2.39. The average Bonchev–Trinajstić information content (AvgIpc) is 2.41. The number of hydrogen-bond acceptors (Lipinski definition) is 3. The van der Waals surface area contributed by atoms with Crippen molar-refractivity contribution in [3.05, 3.63) is 35.4 Å². The van der Waals surface area contributed by atoms with Crippen molar-refractivity contribution in [2.75, 3.05) is 26.2 Å². The van der Waals surface area contributed by atoms with Gasteiger partial charge in [0, 0.05) is 19.7 Å². The SMILES string of the molecule is CCN1CCC(O)(c2ccccc2CCO)CC1. The molecule has 2 N–H and O–H groups in total. The van der Waals surface area contributed by atoms with E-state index in [0.29, 0.717) is 6.42 Å². The van der Waals surface area contributed by atoms with E-state index < -0.39 is 5.60 Å². The first-order chi connectivity index (χ1) is 8.69. The molecule has 1 aromatic rings. The van der Waals surface area contributed by atoms with Gasteiger partial charge in [0.15, 0.2) is 0 Å². The van der Waals surface area contributed by atoms with E-state index in [4.69, 9.17) is 5.11 Å². The zero-order valence-corrected chi connectivity index (χ0v) is 11.1. The number of aliphatic hydroxyl groups is 2. The van der Waals surface area contributed by atoms with Gasteiger partial charge in [-0.1, -0.05) is 31.2 Å². The number of likely N-dealkylation sites (tertiary alicyclic amines) is 1. The van der Waals surface area contributed by atoms with Crippen LogP contribution in [0.5, 0.6) is 0 Å². The second kappa shape index (κ2) is 5.83. The van der Waals surface area contributed by atoms with Crippen LogP contribution in [-0.2, 0) is 12.0 Å². The lowest BCUT2D eigenvalue weighted by Crippen LogP contribution is -2.42. The van der Waals surface area contributed by atoms with E-state index in [9.17, 15) is 5.11 Å². The molecule has 1 aromatic carbocycles. The zero-order valence-electron chi connectivity index (χ0n) is 11.1. The number of benzene rings is 1. The van der Waals surface area contributed by atoms with Crippen LogP contribution in [0.15, 0.2) is 24.3 Å². The average molecular weight is 249 g/mol. The van der Waals surface area contributed by atoms with E-state index in [-0.39, 0.29) is 6.61 Å². The molecule has 0 atom stereocenters. The Morgan fingerprint density at radius 2 is 1.89 bits per heavy atom. The summed E-state index contributed by atoms with van der Waals surface area (Å²) >= 11 is 0. The number of aliphatic hydroxyl groups excluding tert-OH is 1. The molecule has 0 unspecified atom stereocenters. The van der Waals surface area contributed by atoms with Crippen molar-refractivity contribution >= 4 is 0 Å². The first kappa shape index (κ1) is 13.5. The monoisotopic (exact) mass is 249 g/mol. The fraction of sp³-hybridized carbons (Fsp3) is 0.600. The molecule has 0 spiro atoms. The van der Waals surface area contributed by atoms with Gasteiger partial charge in [-0.25, -0.2) is 0 Å². The predicted octanol–water partition coefficient (Wildman–Crippen LogP) is 1.52. The zero-order chi connectivity index (χ0) is 13.0. The molecule has 0 saturated carbocycles. The number of piperidine rings is 1. The summed E-state index contributed by atoms with van der Waals surface area (Å²) in [4.78, 5) is 2.36. The summed E-state index contributed by atoms with van der Waals surface area (Å²) in [5.41, 5.74) is 1.37. The van der Waals surface area contributed by atoms with Crippen LogP contribution in [0, 0.1) is 0 Å². The number of nitrogens with zero attached hydrogens (tertiary/aromatic N) is 1. The van der Waals surface area contributed by atoms with Crippen molar-refractivity contribution in [2.45, 2.75) is 31.8 Å². The highest BCUT2D eigenvalue weighted by Crippen LogP contribution is 2.34. The van der Waals surface area contributed by atoms with E-state index >= 15 is 0 Å². The molecule has 100 valence electrons. The Kier molecular flexibility index (Phi) is 4.38. The fourth-order valence-electron chi connectivity index (χ4n) is 2.82. The molecule has 1 saturated heterocycles. The molecule has 0 aromatic heterocycles. The third kappa shape index (κ3) is 2.74. The summed E-state index contributed by atoms with van der Waals surface area (Å²) in [5.74, 6) is 0. The molecule has 18 heavy (non-hydrogen) atoms. The van der Waals surface area contributed by atoms with Crippen molar-refractivity contribution in [3.8, 4) is 0 Å². The maximum atomic E-state index is 10.9. The van der Waals surface area contributed by atoms with Gasteiger partial charge < -0.3 is 15.1 Å². The van der Waals surface area contributed by atoms with Crippen molar-refractivity contribution in [2.24, 2.45) is 0 Å². The van der Waals surface area contributed by atoms with Crippen LogP contribution in [0.1, 0.15) is 30.9 Å². The minimum atomic E-state index is -0.711. The van der Waals surface area contributed by atoms with Gasteiger partial charge in [0.25, 0.3) is 0 Å². The number of hydrogen-bond donors (Lipinski definition) is 2. The van der Waals surface area contributed by atoms with Crippen LogP contribution >= 0.6 is 0 Å². The Balaban J connectivity index is 2.20. The molecule has 0 bridgehead atoms. The summed E-state index contributed by atoms with van der Waals surface area (Å²) in [6, 6.07) is 7.96. The Bertz CT molecular complexity index is 384. The Morgan fingerprint density at radius 3 is 2.50 bits per heavy atom. The first-order valence-corrected chi connectivity index (χ1v) is 6.83. The highest BCUT2D eigenvalue weighted by Gasteiger charge is 2.34. The van der Waals surface area contributed by atoms with E-state index in [0.717, 1.165) is 43.6 Å². The largest absolute Gasteiger partial charge is 0.396 e. The maximum absolute atomic E-state index is 10.9. The van der Waals surface area contributed by atoms with Crippen molar-refractivity contribution in [3.63, 3.8) is 0 Å². The summed E-state index contributed by atoms with van der Waals surface area (Å²) in [6.45, 7) is 5.23. The third-order valence-electron chi connectivity index (χ3n) is 4.03. The van der Waals surface area contributed by atoms with Gasteiger partial charge in [-0.15, -0.1) is 0 Å². The smallest absolute Gasteiger partial charge is 0.0923 e. The summed E-state index contributed by atoms with van der Waals surface area (Å²) in [7, 11) is 0. The van der Waals surface area contributed by atoms with Crippen LogP contribution in [0.4, 0.5) is 0 Å². The minimum absolute atomic E-state index is 0.133. The normalized spacial score (nSPS) is 19.9. The molecule has 3 nitrogen and oxygen atoms in total. The summed E-state index contributed by atoms with van der Waals surface area (Å²) in [5, 5.41) is 20.0. The highest BCUT2D eigenvalue weighted by molar-refractivity contribution is 5.33. The second-order valence-corrected chi connectivity index (χ2v) is 5.10. The van der Waals surface area contributed by atoms with Crippen LogP contribution in [-0.4, -0.2) is 41.4 Å². The molecule has 2 rings (SSSR count). The molecule has 1 aliphatic heterocycles. The van der Waals surface area contributed by atoms with E-state index in [1.54, 1.807) is 0 Å². The van der Waals surface area contributed by atoms with Gasteiger partial charge in [0.1, 0.15) is 0 Å². The van der Waals surface area contributed by atoms with Gasteiger partial charge in [0.05, 0.1) is 5.60 Å². The lowest BCUT2D eigenvalue weighted by molar-refractivity contribution is -0.0254. The fourth-order valence-corrected chi connectivity index (χ4v) is 2.82. The van der Waals surface area contributed by atoms with Crippen molar-refractivity contribution < 1.29 is 10.2 Å². The van der Waals surface area contributed by atoms with E-state index in [1.807, 2.05) is 24.3 Å². The Hall–Kier alpha value is -0.900. The van der Waals surface area contributed by atoms with E-state index in [1.165, 1.54) is 0 Å². The molecule has 1 heterocycles. The lowest BCUT2D eigenvalue weighted by atomic mass is 9.81. The minimum Gasteiger partial charge on any atom is -0.396 e. The van der Waals surface area contributed by atoms with Gasteiger partial charge in [-0.2, -0.15) is 0 Å². The Labute approximate surface area is 109 Å². The highest BCUT2D eigenvalue weighted by atomic mass is 16.3. The molecule has 3 heteroatoms. The standard InChI is InChI=1S/C15H23NO2/c1-2-16-10-8-15(18,9-11-16)14-6-4-3-5-13(14)7-12-17/h3-6,17-18H,2,7-12H2,1H3. The topological polar surface area (TPSA) is 43.7 Å². The van der Waals surface area contributed by atoms with Crippen LogP contribution < -0.4 is 0 Å². The van der Waals surface area contributed by atoms with E-state index in [2.05, 4.69) is 11.8 Å². The van der Waals surface area contributed by atoms with Crippen molar-refractivity contribution in [1.82, 2.24) is 4.90 Å². The van der Waals surface area contributed by atoms with Crippen molar-refractivity contribution in [1.29, 1.82) is 0 Å². The number of rotatable bonds is 4. The molecule has 0 aliphatic carbocycles. The summed E-state index contributed by atoms with van der Waals surface area (Å²) in [6.07, 6.45) is 2.18. The molecule has 0 amide bonds. The van der Waals surface area contributed by atoms with Gasteiger partial charge >= 0.3 is 0 Å². The predicted molar refractivity (Wildman–Crippen MR) is 72.5 cm³/mol.